The second kappa shape index (κ2) is 3.85. The standard InChI is InChI=1S/C11H14O3S/c12-9-5-7-11(8-6-9)15(13,14)10-3-1-2-4-10/h5-8,10,12H,1-4H2. The lowest BCUT2D eigenvalue weighted by atomic mass is 10.3. The summed E-state index contributed by atoms with van der Waals surface area (Å²) < 4.78 is 24.1. The van der Waals surface area contributed by atoms with E-state index < -0.39 is 9.84 Å². The molecule has 1 N–H and O–H groups in total. The van der Waals surface area contributed by atoms with Gasteiger partial charge in [0.05, 0.1) is 10.1 Å². The third kappa shape index (κ3) is 2.00. The molecule has 15 heavy (non-hydrogen) atoms. The maximum absolute atomic E-state index is 12.1. The molecule has 0 unspecified atom stereocenters. The summed E-state index contributed by atoms with van der Waals surface area (Å²) in [6.45, 7) is 0. The molecule has 4 heteroatoms. The number of hydrogen-bond acceptors (Lipinski definition) is 3. The van der Waals surface area contributed by atoms with Gasteiger partial charge in [-0.2, -0.15) is 0 Å². The van der Waals surface area contributed by atoms with Gasteiger partial charge in [0.1, 0.15) is 5.75 Å². The molecular weight excluding hydrogens is 212 g/mol. The zero-order chi connectivity index (χ0) is 10.9. The van der Waals surface area contributed by atoms with Crippen LogP contribution in [-0.2, 0) is 9.84 Å². The lowest BCUT2D eigenvalue weighted by Gasteiger charge is -2.10. The van der Waals surface area contributed by atoms with Crippen molar-refractivity contribution in [3.63, 3.8) is 0 Å². The molecule has 1 saturated carbocycles. The maximum Gasteiger partial charge on any atom is 0.181 e. The molecule has 1 fully saturated rings. The first-order valence-corrected chi connectivity index (χ1v) is 6.68. The lowest BCUT2D eigenvalue weighted by Crippen LogP contribution is -2.17. The van der Waals surface area contributed by atoms with Gasteiger partial charge in [-0.3, -0.25) is 0 Å². The molecule has 0 amide bonds. The Kier molecular flexibility index (Phi) is 2.69. The minimum absolute atomic E-state index is 0.0976. The van der Waals surface area contributed by atoms with Crippen LogP contribution in [0, 0.1) is 0 Å². The van der Waals surface area contributed by atoms with E-state index in [1.807, 2.05) is 0 Å². The molecule has 0 aliphatic heterocycles. The number of phenolic OH excluding ortho intramolecular Hbond substituents is 1. The van der Waals surface area contributed by atoms with Crippen molar-refractivity contribution in [3.8, 4) is 5.75 Å². The molecule has 2 rings (SSSR count). The predicted octanol–water partition coefficient (Wildman–Crippen LogP) is 2.11. The molecule has 1 aliphatic rings. The van der Waals surface area contributed by atoms with Crippen LogP contribution in [0.3, 0.4) is 0 Å². The van der Waals surface area contributed by atoms with E-state index in [1.54, 1.807) is 0 Å². The van der Waals surface area contributed by atoms with Gasteiger partial charge in [0.25, 0.3) is 0 Å². The van der Waals surface area contributed by atoms with Gasteiger partial charge >= 0.3 is 0 Å². The van der Waals surface area contributed by atoms with Crippen molar-refractivity contribution >= 4 is 9.84 Å². The lowest BCUT2D eigenvalue weighted by molar-refractivity contribution is 0.474. The molecule has 0 radical (unpaired) electrons. The average molecular weight is 226 g/mol. The van der Waals surface area contributed by atoms with E-state index in [9.17, 15) is 8.42 Å². The number of rotatable bonds is 2. The first kappa shape index (κ1) is 10.5. The Bertz CT molecular complexity index is 427. The highest BCUT2D eigenvalue weighted by atomic mass is 32.2. The Balaban J connectivity index is 2.32. The molecule has 3 nitrogen and oxygen atoms in total. The Hall–Kier alpha value is -1.03. The highest BCUT2D eigenvalue weighted by Crippen LogP contribution is 2.29. The highest BCUT2D eigenvalue weighted by molar-refractivity contribution is 7.92. The Morgan fingerprint density at radius 1 is 1.07 bits per heavy atom. The third-order valence-corrected chi connectivity index (χ3v) is 5.18. The van der Waals surface area contributed by atoms with Gasteiger partial charge in [-0.1, -0.05) is 12.8 Å². The van der Waals surface area contributed by atoms with Gasteiger partial charge in [-0.15, -0.1) is 0 Å². The van der Waals surface area contributed by atoms with Crippen molar-refractivity contribution in [2.75, 3.05) is 0 Å². The number of hydrogen-bond donors (Lipinski definition) is 1. The first-order chi connectivity index (χ1) is 7.10. The van der Waals surface area contributed by atoms with Crippen molar-refractivity contribution in [2.24, 2.45) is 0 Å². The smallest absolute Gasteiger partial charge is 0.181 e. The van der Waals surface area contributed by atoms with Crippen molar-refractivity contribution in [2.45, 2.75) is 35.8 Å². The summed E-state index contributed by atoms with van der Waals surface area (Å²) in [5.41, 5.74) is 0. The van der Waals surface area contributed by atoms with E-state index in [0.29, 0.717) is 4.90 Å². The Morgan fingerprint density at radius 3 is 2.13 bits per heavy atom. The summed E-state index contributed by atoms with van der Waals surface area (Å²) in [6.07, 6.45) is 3.54. The maximum atomic E-state index is 12.1. The minimum Gasteiger partial charge on any atom is -0.508 e. The van der Waals surface area contributed by atoms with Crippen LogP contribution in [0.15, 0.2) is 29.2 Å². The summed E-state index contributed by atoms with van der Waals surface area (Å²) in [5.74, 6) is 0.0976. The minimum atomic E-state index is -3.17. The molecule has 1 aliphatic carbocycles. The zero-order valence-corrected chi connectivity index (χ0v) is 9.20. The fraction of sp³-hybridized carbons (Fsp3) is 0.455. The van der Waals surface area contributed by atoms with Crippen LogP contribution in [0.1, 0.15) is 25.7 Å². The SMILES string of the molecule is O=S(=O)(c1ccc(O)cc1)C1CCCC1. The van der Waals surface area contributed by atoms with E-state index in [0.717, 1.165) is 25.7 Å². The van der Waals surface area contributed by atoms with Crippen molar-refractivity contribution in [1.82, 2.24) is 0 Å². The summed E-state index contributed by atoms with van der Waals surface area (Å²) in [5, 5.41) is 8.87. The third-order valence-electron chi connectivity index (χ3n) is 2.91. The van der Waals surface area contributed by atoms with E-state index in [4.69, 9.17) is 5.11 Å². The van der Waals surface area contributed by atoms with Crippen LogP contribution < -0.4 is 0 Å². The molecule has 0 atom stereocenters. The quantitative estimate of drug-likeness (QED) is 0.840. The Morgan fingerprint density at radius 2 is 1.60 bits per heavy atom. The van der Waals surface area contributed by atoms with Gasteiger partial charge in [0, 0.05) is 0 Å². The number of phenols is 1. The summed E-state index contributed by atoms with van der Waals surface area (Å²) in [6, 6.07) is 5.79. The molecule has 1 aromatic carbocycles. The van der Waals surface area contributed by atoms with Gasteiger partial charge in [0.15, 0.2) is 9.84 Å². The van der Waals surface area contributed by atoms with E-state index in [1.165, 1.54) is 24.3 Å². The van der Waals surface area contributed by atoms with Crippen LogP contribution in [0.5, 0.6) is 5.75 Å². The number of sulfone groups is 1. The van der Waals surface area contributed by atoms with E-state index in [2.05, 4.69) is 0 Å². The largest absolute Gasteiger partial charge is 0.508 e. The Labute approximate surface area is 89.7 Å². The fourth-order valence-corrected chi connectivity index (χ4v) is 3.88. The van der Waals surface area contributed by atoms with Gasteiger partial charge in [-0.05, 0) is 37.1 Å². The molecule has 0 spiro atoms. The van der Waals surface area contributed by atoms with Gasteiger partial charge in [-0.25, -0.2) is 8.42 Å². The summed E-state index contributed by atoms with van der Waals surface area (Å²) in [4.78, 5) is 0.326. The molecule has 0 bridgehead atoms. The summed E-state index contributed by atoms with van der Waals surface area (Å²) in [7, 11) is -3.17. The predicted molar refractivity (Wildman–Crippen MR) is 57.5 cm³/mol. The van der Waals surface area contributed by atoms with Crippen molar-refractivity contribution in [3.05, 3.63) is 24.3 Å². The summed E-state index contributed by atoms with van der Waals surface area (Å²) >= 11 is 0. The number of aromatic hydroxyl groups is 1. The normalized spacial score (nSPS) is 18.1. The first-order valence-electron chi connectivity index (χ1n) is 5.13. The monoisotopic (exact) mass is 226 g/mol. The second-order valence-corrected chi connectivity index (χ2v) is 6.17. The zero-order valence-electron chi connectivity index (χ0n) is 8.39. The topological polar surface area (TPSA) is 54.4 Å². The van der Waals surface area contributed by atoms with Crippen LogP contribution >= 0.6 is 0 Å². The number of benzene rings is 1. The molecule has 82 valence electrons. The van der Waals surface area contributed by atoms with E-state index >= 15 is 0 Å². The van der Waals surface area contributed by atoms with Crippen LogP contribution in [-0.4, -0.2) is 18.8 Å². The molecule has 1 aromatic rings. The second-order valence-electron chi connectivity index (χ2n) is 3.95. The van der Waals surface area contributed by atoms with Crippen molar-refractivity contribution in [1.29, 1.82) is 0 Å². The van der Waals surface area contributed by atoms with Crippen LogP contribution in [0.2, 0.25) is 0 Å². The fourth-order valence-electron chi connectivity index (χ4n) is 2.03. The molecule has 0 saturated heterocycles. The highest BCUT2D eigenvalue weighted by Gasteiger charge is 2.29. The van der Waals surface area contributed by atoms with E-state index in [-0.39, 0.29) is 11.0 Å². The van der Waals surface area contributed by atoms with Gasteiger partial charge in [0.2, 0.25) is 0 Å². The van der Waals surface area contributed by atoms with Crippen molar-refractivity contribution < 1.29 is 13.5 Å². The van der Waals surface area contributed by atoms with Gasteiger partial charge < -0.3 is 5.11 Å². The molecule has 0 aromatic heterocycles. The molecular formula is C11H14O3S. The van der Waals surface area contributed by atoms with Crippen LogP contribution in [0.4, 0.5) is 0 Å². The average Bonchev–Trinajstić information content (AvgIpc) is 2.71. The molecule has 0 heterocycles. The van der Waals surface area contributed by atoms with Crippen LogP contribution in [0.25, 0.3) is 0 Å².